The van der Waals surface area contributed by atoms with E-state index in [2.05, 4.69) is 47.6 Å². The summed E-state index contributed by atoms with van der Waals surface area (Å²) in [6.45, 7) is 16.4. The van der Waals surface area contributed by atoms with Gasteiger partial charge in [0.1, 0.15) is 48.3 Å². The van der Waals surface area contributed by atoms with Gasteiger partial charge in [-0.2, -0.15) is 0 Å². The van der Waals surface area contributed by atoms with Crippen LogP contribution in [0.25, 0.3) is 0 Å². The van der Waals surface area contributed by atoms with Crippen LogP contribution in [-0.4, -0.2) is 168 Å². The molecule has 8 aliphatic rings. The smallest absolute Gasteiger partial charge is 0.335 e. The number of carboxylic acid groups (broad SMARTS) is 1. The minimum absolute atomic E-state index is 0.0502. The van der Waals surface area contributed by atoms with Crippen LogP contribution in [-0.2, 0) is 33.2 Å². The Hall–Kier alpha value is -1.39. The van der Waals surface area contributed by atoms with Gasteiger partial charge >= 0.3 is 5.97 Å². The van der Waals surface area contributed by atoms with E-state index in [-0.39, 0.29) is 64.1 Å². The second-order valence-corrected chi connectivity index (χ2v) is 23.3. The first-order valence-corrected chi connectivity index (χ1v) is 23.6. The highest BCUT2D eigenvalue weighted by molar-refractivity contribution is 5.73. The molecule has 10 N–H and O–H groups in total. The van der Waals surface area contributed by atoms with Crippen LogP contribution in [0.2, 0.25) is 0 Å². The van der Waals surface area contributed by atoms with Crippen LogP contribution in [0.5, 0.6) is 0 Å². The molecule has 17 heteroatoms. The highest BCUT2D eigenvalue weighted by Crippen LogP contribution is 2.76. The third kappa shape index (κ3) is 7.31. The Morgan fingerprint density at radius 3 is 2.05 bits per heavy atom. The van der Waals surface area contributed by atoms with Crippen LogP contribution in [0, 0.1) is 50.2 Å². The summed E-state index contributed by atoms with van der Waals surface area (Å²) >= 11 is 0. The third-order valence-corrected chi connectivity index (χ3v) is 19.2. The number of aliphatic hydroxyl groups excluding tert-OH is 8. The highest BCUT2D eigenvalue weighted by atomic mass is 16.8. The topological polar surface area (TPSA) is 275 Å². The van der Waals surface area contributed by atoms with E-state index in [4.69, 9.17) is 28.4 Å². The predicted molar refractivity (Wildman–Crippen MR) is 225 cm³/mol. The maximum atomic E-state index is 12.3. The Morgan fingerprint density at radius 1 is 0.719 bits per heavy atom. The number of carboxylic acids is 1. The van der Waals surface area contributed by atoms with E-state index in [0.29, 0.717) is 12.8 Å². The van der Waals surface area contributed by atoms with Gasteiger partial charge in [-0.15, -0.1) is 0 Å². The number of ether oxygens (including phenoxy) is 6. The van der Waals surface area contributed by atoms with Gasteiger partial charge in [-0.3, -0.25) is 0 Å². The molecule has 0 aromatic heterocycles. The van der Waals surface area contributed by atoms with Gasteiger partial charge in [-0.1, -0.05) is 60.1 Å². The molecular weight excluding hydrogens is 837 g/mol. The number of fused-ring (bicyclic) bond motifs is 7. The second kappa shape index (κ2) is 16.6. The quantitative estimate of drug-likeness (QED) is 0.116. The second-order valence-electron chi connectivity index (χ2n) is 23.3. The van der Waals surface area contributed by atoms with Crippen LogP contribution < -0.4 is 0 Å². The number of allylic oxidation sites excluding steroid dienone is 2. The van der Waals surface area contributed by atoms with Gasteiger partial charge < -0.3 is 79.5 Å². The minimum atomic E-state index is -1.95. The molecule has 7 fully saturated rings. The van der Waals surface area contributed by atoms with Crippen LogP contribution in [0.4, 0.5) is 0 Å². The molecule has 64 heavy (non-hydrogen) atoms. The van der Waals surface area contributed by atoms with Crippen LogP contribution >= 0.6 is 0 Å². The van der Waals surface area contributed by atoms with Crippen molar-refractivity contribution in [3.8, 4) is 0 Å². The summed E-state index contributed by atoms with van der Waals surface area (Å²) in [7, 11) is 0. The van der Waals surface area contributed by atoms with Gasteiger partial charge in [0, 0.05) is 10.8 Å². The highest BCUT2D eigenvalue weighted by Gasteiger charge is 2.70. The third-order valence-electron chi connectivity index (χ3n) is 19.2. The molecule has 0 aromatic carbocycles. The summed E-state index contributed by atoms with van der Waals surface area (Å²) in [6, 6.07) is 0. The van der Waals surface area contributed by atoms with Crippen LogP contribution in [0.1, 0.15) is 113 Å². The van der Waals surface area contributed by atoms with Crippen LogP contribution in [0.15, 0.2) is 11.6 Å². The monoisotopic (exact) mass is 913 g/mol. The van der Waals surface area contributed by atoms with E-state index in [1.807, 2.05) is 6.92 Å². The molecule has 0 bridgehead atoms. The maximum Gasteiger partial charge on any atom is 0.335 e. The number of aliphatic carboxylic acids is 1. The fourth-order valence-corrected chi connectivity index (χ4v) is 14.9. The van der Waals surface area contributed by atoms with E-state index in [1.54, 1.807) is 0 Å². The van der Waals surface area contributed by atoms with E-state index >= 15 is 0 Å². The lowest BCUT2D eigenvalue weighted by molar-refractivity contribution is -0.373. The van der Waals surface area contributed by atoms with Crippen molar-refractivity contribution >= 4 is 5.97 Å². The molecule has 8 rings (SSSR count). The van der Waals surface area contributed by atoms with Crippen molar-refractivity contribution in [3.05, 3.63) is 11.6 Å². The van der Waals surface area contributed by atoms with Gasteiger partial charge in [0.05, 0.1) is 38.1 Å². The Morgan fingerprint density at radius 2 is 1.41 bits per heavy atom. The molecule has 5 aliphatic carbocycles. The first-order valence-electron chi connectivity index (χ1n) is 23.6. The molecule has 4 saturated carbocycles. The molecule has 0 amide bonds. The van der Waals surface area contributed by atoms with Crippen molar-refractivity contribution in [3.63, 3.8) is 0 Å². The summed E-state index contributed by atoms with van der Waals surface area (Å²) in [6.07, 6.45) is -10.1. The Kier molecular flexibility index (Phi) is 12.8. The first kappa shape index (κ1) is 49.0. The van der Waals surface area contributed by atoms with E-state index in [0.717, 1.165) is 44.9 Å². The van der Waals surface area contributed by atoms with Gasteiger partial charge in [0.2, 0.25) is 0 Å². The van der Waals surface area contributed by atoms with E-state index in [1.165, 1.54) is 12.5 Å². The Labute approximate surface area is 376 Å². The SMILES string of the molecule is C[C@@H]1O[C@@H](O[C@H]2[C@@H](O[C@H]3CC[C@@]4(C)[C@@H](CC[C@]5(C)[C@@H]4CC=C4[C@@H]6CC(C)(C)C[C@@H](O[C@@H]7OC[C@](O)(CO)[C@H]7O)[C@]6(C)CC[C@]45C)[C@@]3(C)CO)O[C@H](C(=O)O)[C@@H](O)[C@@H]2O)[C@H](O)[C@H](O)[C@H]1O. The molecule has 3 aliphatic heterocycles. The Balaban J connectivity index is 1.06. The summed E-state index contributed by atoms with van der Waals surface area (Å²) in [4.78, 5) is 12.3. The maximum absolute atomic E-state index is 12.3. The average Bonchev–Trinajstić information content (AvgIpc) is 3.52. The summed E-state index contributed by atoms with van der Waals surface area (Å²) in [5.41, 5.74) is -2.10. The summed E-state index contributed by atoms with van der Waals surface area (Å²) in [5, 5.41) is 107. The van der Waals surface area contributed by atoms with Crippen molar-refractivity contribution in [2.75, 3.05) is 19.8 Å². The van der Waals surface area contributed by atoms with Gasteiger partial charge in [0.15, 0.2) is 25.0 Å². The molecular formula is C47H76O17. The molecule has 0 radical (unpaired) electrons. The first-order chi connectivity index (χ1) is 29.7. The Bertz CT molecular complexity index is 1780. The van der Waals surface area contributed by atoms with Crippen molar-refractivity contribution in [1.82, 2.24) is 0 Å². The van der Waals surface area contributed by atoms with Gasteiger partial charge in [-0.05, 0) is 104 Å². The largest absolute Gasteiger partial charge is 0.479 e. The number of hydrogen-bond acceptors (Lipinski definition) is 16. The molecule has 23 atom stereocenters. The average molecular weight is 913 g/mol. The summed E-state index contributed by atoms with van der Waals surface area (Å²) < 4.78 is 36.6. The molecule has 366 valence electrons. The van der Waals surface area contributed by atoms with Gasteiger partial charge in [0.25, 0.3) is 0 Å². The van der Waals surface area contributed by atoms with Crippen molar-refractivity contribution in [2.24, 2.45) is 50.2 Å². The van der Waals surface area contributed by atoms with Crippen molar-refractivity contribution in [2.45, 2.75) is 205 Å². The lowest BCUT2D eigenvalue weighted by Gasteiger charge is -2.72. The molecule has 0 aromatic rings. The van der Waals surface area contributed by atoms with Crippen LogP contribution in [0.3, 0.4) is 0 Å². The standard InChI is InChI=1S/C47H76O17/c1-22-29(50)30(51)33(54)38(60-22)64-35-32(53)31(52)34(37(56)57)63-39(35)61-27-12-13-43(5)25(44(27,6)19-48)11-14-46(8)26(43)10-9-23-24-17-41(2,3)18-28(42(24,4)15-16-45(23,46)7)62-40-36(55)47(58,20-49)21-59-40/h9,22,24-36,38-40,48-55,58H,10-21H2,1-8H3,(H,56,57)/t22-,24-,25+,26+,27-,28+,29-,30+,31-,32-,33+,34-,35+,36-,38-,39-,40-,42+,43-,44+,45+,46+,47+/m0/s1. The lowest BCUT2D eigenvalue weighted by atomic mass is 9.33. The molecule has 3 heterocycles. The van der Waals surface area contributed by atoms with Gasteiger partial charge in [-0.25, -0.2) is 4.79 Å². The van der Waals surface area contributed by atoms with E-state index < -0.39 is 104 Å². The molecule has 0 spiro atoms. The molecule has 3 saturated heterocycles. The normalized spacial score (nSPS) is 56.0. The fraction of sp³-hybridized carbons (Fsp3) is 0.936. The lowest BCUT2D eigenvalue weighted by Crippen LogP contribution is -2.68. The van der Waals surface area contributed by atoms with Crippen molar-refractivity contribution in [1.29, 1.82) is 0 Å². The zero-order valence-electron chi connectivity index (χ0n) is 38.7. The minimum Gasteiger partial charge on any atom is -0.479 e. The molecule has 0 unspecified atom stereocenters. The number of aliphatic hydroxyl groups is 9. The van der Waals surface area contributed by atoms with Crippen molar-refractivity contribution < 1.29 is 84.3 Å². The number of hydrogen-bond donors (Lipinski definition) is 10. The number of carbonyl (C=O) groups is 1. The summed E-state index contributed by atoms with van der Waals surface area (Å²) in [5.74, 6) is -1.16. The molecule has 17 nitrogen and oxygen atoms in total. The fourth-order valence-electron chi connectivity index (χ4n) is 14.9. The van der Waals surface area contributed by atoms with E-state index in [9.17, 15) is 55.9 Å². The predicted octanol–water partition coefficient (Wildman–Crippen LogP) is 1.35. The zero-order valence-corrected chi connectivity index (χ0v) is 38.7. The number of rotatable bonds is 9. The zero-order chi connectivity index (χ0) is 46.9.